The molecule has 2 rings (SSSR count). The quantitative estimate of drug-likeness (QED) is 0.828. The number of nitrogens with one attached hydrogen (secondary N) is 1. The molecular formula is C16H32N4O. The monoisotopic (exact) mass is 296 g/mol. The zero-order valence-electron chi connectivity index (χ0n) is 14.2. The molecule has 0 aliphatic carbocycles. The molecule has 0 aromatic carbocycles. The van der Waals surface area contributed by atoms with E-state index in [0.29, 0.717) is 11.9 Å². The summed E-state index contributed by atoms with van der Waals surface area (Å²) in [5.74, 6) is 0.312. The molecule has 0 aromatic rings. The fourth-order valence-corrected chi connectivity index (χ4v) is 3.57. The Hall–Kier alpha value is -0.650. The molecule has 1 unspecified atom stereocenters. The zero-order valence-corrected chi connectivity index (χ0v) is 14.2. The number of hydrogen-bond donors (Lipinski definition) is 1. The largest absolute Gasteiger partial charge is 0.337 e. The van der Waals surface area contributed by atoms with Crippen LogP contribution >= 0.6 is 0 Å². The van der Waals surface area contributed by atoms with E-state index in [9.17, 15) is 4.79 Å². The summed E-state index contributed by atoms with van der Waals surface area (Å²) in [7, 11) is 2.16. The van der Waals surface area contributed by atoms with Gasteiger partial charge in [0.2, 0.25) is 5.91 Å². The molecule has 5 nitrogen and oxygen atoms in total. The van der Waals surface area contributed by atoms with Crippen LogP contribution in [0.3, 0.4) is 0 Å². The highest BCUT2D eigenvalue weighted by Crippen LogP contribution is 2.22. The van der Waals surface area contributed by atoms with Crippen molar-refractivity contribution < 1.29 is 4.79 Å². The highest BCUT2D eigenvalue weighted by Gasteiger charge is 2.40. The number of rotatable bonds is 3. The van der Waals surface area contributed by atoms with Crippen molar-refractivity contribution in [3.63, 3.8) is 0 Å². The molecule has 5 heteroatoms. The van der Waals surface area contributed by atoms with E-state index in [-0.39, 0.29) is 0 Å². The van der Waals surface area contributed by atoms with Gasteiger partial charge in [0.25, 0.3) is 0 Å². The number of hydrogen-bond acceptors (Lipinski definition) is 4. The Balaban J connectivity index is 2.11. The minimum absolute atomic E-state index is 0.312. The molecule has 0 aromatic heterocycles. The molecule has 2 aliphatic heterocycles. The third kappa shape index (κ3) is 3.76. The Morgan fingerprint density at radius 2 is 1.86 bits per heavy atom. The van der Waals surface area contributed by atoms with Gasteiger partial charge in [-0.05, 0) is 40.3 Å². The first-order chi connectivity index (χ1) is 9.96. The van der Waals surface area contributed by atoms with E-state index in [1.807, 2.05) is 0 Å². The van der Waals surface area contributed by atoms with Gasteiger partial charge in [0.05, 0.1) is 5.54 Å². The van der Waals surface area contributed by atoms with Gasteiger partial charge in [-0.15, -0.1) is 0 Å². The van der Waals surface area contributed by atoms with E-state index in [1.54, 1.807) is 0 Å². The highest BCUT2D eigenvalue weighted by molar-refractivity contribution is 5.86. The fourth-order valence-electron chi connectivity index (χ4n) is 3.57. The van der Waals surface area contributed by atoms with Crippen molar-refractivity contribution in [1.29, 1.82) is 0 Å². The predicted octanol–water partition coefficient (Wildman–Crippen LogP) is 0.613. The van der Waals surface area contributed by atoms with E-state index in [1.165, 1.54) is 0 Å². The molecule has 1 amide bonds. The number of amides is 1. The summed E-state index contributed by atoms with van der Waals surface area (Å²) >= 11 is 0. The van der Waals surface area contributed by atoms with Gasteiger partial charge < -0.3 is 15.1 Å². The molecule has 0 radical (unpaired) electrons. The van der Waals surface area contributed by atoms with Gasteiger partial charge in [0, 0.05) is 45.3 Å². The highest BCUT2D eigenvalue weighted by atomic mass is 16.2. The van der Waals surface area contributed by atoms with Crippen LogP contribution in [0.4, 0.5) is 0 Å². The van der Waals surface area contributed by atoms with Gasteiger partial charge in [-0.3, -0.25) is 9.69 Å². The van der Waals surface area contributed by atoms with Crippen molar-refractivity contribution in [1.82, 2.24) is 20.0 Å². The average Bonchev–Trinajstić information content (AvgIpc) is 2.68. The Kier molecular flexibility index (Phi) is 5.63. The van der Waals surface area contributed by atoms with Crippen molar-refractivity contribution >= 4 is 5.91 Å². The minimum atomic E-state index is -0.390. The molecule has 0 bridgehead atoms. The molecule has 0 saturated carbocycles. The van der Waals surface area contributed by atoms with E-state index in [2.05, 4.69) is 47.8 Å². The molecule has 1 atom stereocenters. The fraction of sp³-hybridized carbons (Fsp3) is 0.938. The molecular weight excluding hydrogens is 264 g/mol. The van der Waals surface area contributed by atoms with E-state index in [4.69, 9.17) is 0 Å². The maximum absolute atomic E-state index is 13.2. The van der Waals surface area contributed by atoms with Crippen LogP contribution < -0.4 is 5.32 Å². The maximum Gasteiger partial charge on any atom is 0.242 e. The maximum atomic E-state index is 13.2. The predicted molar refractivity (Wildman–Crippen MR) is 86.4 cm³/mol. The summed E-state index contributed by atoms with van der Waals surface area (Å²) in [6.07, 6.45) is 2.12. The van der Waals surface area contributed by atoms with Crippen molar-refractivity contribution in [2.45, 2.75) is 45.2 Å². The lowest BCUT2D eigenvalue weighted by atomic mass is 9.97. The summed E-state index contributed by atoms with van der Waals surface area (Å²) in [4.78, 5) is 20.1. The average molecular weight is 296 g/mol. The second-order valence-electron chi connectivity index (χ2n) is 6.97. The molecule has 2 saturated heterocycles. The van der Waals surface area contributed by atoms with Crippen molar-refractivity contribution in [2.75, 3.05) is 52.9 Å². The number of piperazine rings is 1. The van der Waals surface area contributed by atoms with Crippen LogP contribution in [0.1, 0.15) is 33.6 Å². The van der Waals surface area contributed by atoms with Crippen LogP contribution in [0, 0.1) is 0 Å². The van der Waals surface area contributed by atoms with E-state index < -0.39 is 5.54 Å². The molecule has 2 aliphatic rings. The summed E-state index contributed by atoms with van der Waals surface area (Å²) in [6, 6.07) is 0.354. The number of carbonyl (C=O) groups is 1. The van der Waals surface area contributed by atoms with Gasteiger partial charge >= 0.3 is 0 Å². The molecule has 0 spiro atoms. The summed E-state index contributed by atoms with van der Waals surface area (Å²) in [5.41, 5.74) is -0.390. The lowest BCUT2D eigenvalue weighted by molar-refractivity contribution is -0.145. The Morgan fingerprint density at radius 1 is 1.19 bits per heavy atom. The van der Waals surface area contributed by atoms with Crippen LogP contribution in [-0.2, 0) is 4.79 Å². The number of likely N-dealkylation sites (N-methyl/N-ethyl adjacent to an activating group) is 1. The van der Waals surface area contributed by atoms with Crippen LogP contribution in [0.5, 0.6) is 0 Å². The molecule has 1 N–H and O–H groups in total. The number of carbonyl (C=O) groups excluding carboxylic acids is 1. The number of nitrogens with zero attached hydrogens (tertiary/aromatic N) is 3. The first-order valence-corrected chi connectivity index (χ1v) is 8.42. The van der Waals surface area contributed by atoms with Gasteiger partial charge in [-0.2, -0.15) is 0 Å². The summed E-state index contributed by atoms with van der Waals surface area (Å²) < 4.78 is 0. The van der Waals surface area contributed by atoms with E-state index >= 15 is 0 Å². The van der Waals surface area contributed by atoms with Crippen LogP contribution in [0.25, 0.3) is 0 Å². The first-order valence-electron chi connectivity index (χ1n) is 8.42. The van der Waals surface area contributed by atoms with E-state index in [0.717, 1.165) is 58.7 Å². The zero-order chi connectivity index (χ0) is 15.5. The van der Waals surface area contributed by atoms with Crippen molar-refractivity contribution in [3.05, 3.63) is 0 Å². The summed E-state index contributed by atoms with van der Waals surface area (Å²) in [6.45, 7) is 13.3. The minimum Gasteiger partial charge on any atom is -0.337 e. The SMILES string of the molecule is CCC1CN(C)CCCN1C(=O)C(C)(C)N1CCNCC1. The van der Waals surface area contributed by atoms with Gasteiger partial charge in [-0.25, -0.2) is 0 Å². The Bertz CT molecular complexity index is 352. The van der Waals surface area contributed by atoms with Gasteiger partial charge in [-0.1, -0.05) is 6.92 Å². The Morgan fingerprint density at radius 3 is 2.48 bits per heavy atom. The van der Waals surface area contributed by atoms with Gasteiger partial charge in [0.15, 0.2) is 0 Å². The second-order valence-corrected chi connectivity index (χ2v) is 6.97. The topological polar surface area (TPSA) is 38.8 Å². The lowest BCUT2D eigenvalue weighted by Crippen LogP contribution is -2.62. The third-order valence-corrected chi connectivity index (χ3v) is 5.07. The normalized spacial score (nSPS) is 26.7. The lowest BCUT2D eigenvalue weighted by Gasteiger charge is -2.44. The molecule has 2 heterocycles. The standard InChI is InChI=1S/C16H32N4O/c1-5-14-13-18(4)9-6-10-20(14)15(21)16(2,3)19-11-7-17-8-12-19/h14,17H,5-13H2,1-4H3. The second kappa shape index (κ2) is 7.07. The van der Waals surface area contributed by atoms with Gasteiger partial charge in [0.1, 0.15) is 0 Å². The molecule has 2 fully saturated rings. The molecule has 21 heavy (non-hydrogen) atoms. The van der Waals surface area contributed by atoms with Crippen molar-refractivity contribution in [3.8, 4) is 0 Å². The van der Waals surface area contributed by atoms with Crippen LogP contribution in [0.15, 0.2) is 0 Å². The third-order valence-electron chi connectivity index (χ3n) is 5.07. The smallest absolute Gasteiger partial charge is 0.242 e. The van der Waals surface area contributed by atoms with Crippen LogP contribution in [-0.4, -0.2) is 85.0 Å². The molecule has 122 valence electrons. The van der Waals surface area contributed by atoms with Crippen molar-refractivity contribution in [2.24, 2.45) is 0 Å². The Labute approximate surface area is 129 Å². The summed E-state index contributed by atoms with van der Waals surface area (Å²) in [5, 5.41) is 3.37. The first kappa shape index (κ1) is 16.7. The van der Waals surface area contributed by atoms with Crippen LogP contribution in [0.2, 0.25) is 0 Å².